The van der Waals surface area contributed by atoms with Crippen molar-refractivity contribution in [3.63, 3.8) is 0 Å². The third kappa shape index (κ3) is 3.86. The van der Waals surface area contributed by atoms with Gasteiger partial charge in [0, 0.05) is 18.5 Å². The van der Waals surface area contributed by atoms with Crippen LogP contribution in [0.3, 0.4) is 0 Å². The summed E-state index contributed by atoms with van der Waals surface area (Å²) in [6, 6.07) is 7.82. The molecule has 1 atom stereocenters. The first-order valence-corrected chi connectivity index (χ1v) is 9.96. The molecule has 1 aromatic rings. The van der Waals surface area contributed by atoms with Gasteiger partial charge in [0.05, 0.1) is 18.6 Å². The minimum Gasteiger partial charge on any atom is -0.496 e. The summed E-state index contributed by atoms with van der Waals surface area (Å²) in [7, 11) is -1.35. The molecule has 5 nitrogen and oxygen atoms in total. The van der Waals surface area contributed by atoms with Crippen molar-refractivity contribution in [3.05, 3.63) is 29.8 Å². The maximum absolute atomic E-state index is 12.7. The van der Waals surface area contributed by atoms with E-state index in [-0.39, 0.29) is 29.5 Å². The van der Waals surface area contributed by atoms with Crippen LogP contribution in [0.15, 0.2) is 24.3 Å². The van der Waals surface area contributed by atoms with Crippen molar-refractivity contribution in [1.82, 2.24) is 4.90 Å². The SMILES string of the molecule is COc1ccccc1CCC(=O)N(C1CC1)C1CCS(=O)(=O)C1. The van der Waals surface area contributed by atoms with Crippen LogP contribution < -0.4 is 4.74 Å². The van der Waals surface area contributed by atoms with Crippen molar-refractivity contribution in [2.24, 2.45) is 0 Å². The molecule has 1 aromatic carbocycles. The summed E-state index contributed by atoms with van der Waals surface area (Å²) in [5, 5.41) is 0. The first-order chi connectivity index (χ1) is 11.0. The summed E-state index contributed by atoms with van der Waals surface area (Å²) in [5.41, 5.74) is 1.01. The number of ether oxygens (including phenoxy) is 1. The van der Waals surface area contributed by atoms with Crippen molar-refractivity contribution in [1.29, 1.82) is 0 Å². The molecule has 0 aromatic heterocycles. The molecule has 1 saturated carbocycles. The predicted octanol–water partition coefficient (Wildman–Crippen LogP) is 1.81. The van der Waals surface area contributed by atoms with Crippen LogP contribution in [0, 0.1) is 0 Å². The maximum atomic E-state index is 12.7. The molecule has 126 valence electrons. The Morgan fingerprint density at radius 3 is 2.57 bits per heavy atom. The number of amides is 1. The molecule has 2 aliphatic rings. The van der Waals surface area contributed by atoms with Gasteiger partial charge in [-0.3, -0.25) is 4.79 Å². The number of aryl methyl sites for hydroxylation is 1. The van der Waals surface area contributed by atoms with Gasteiger partial charge in [-0.2, -0.15) is 0 Å². The number of carbonyl (C=O) groups excluding carboxylic acids is 1. The lowest BCUT2D eigenvalue weighted by molar-refractivity contribution is -0.133. The summed E-state index contributed by atoms with van der Waals surface area (Å²) in [6.45, 7) is 0. The van der Waals surface area contributed by atoms with Crippen LogP contribution in [0.1, 0.15) is 31.2 Å². The zero-order valence-electron chi connectivity index (χ0n) is 13.4. The molecule has 1 heterocycles. The Labute approximate surface area is 137 Å². The molecule has 3 rings (SSSR count). The minimum atomic E-state index is -2.97. The lowest BCUT2D eigenvalue weighted by Crippen LogP contribution is -2.42. The first-order valence-electron chi connectivity index (χ1n) is 8.13. The lowest BCUT2D eigenvalue weighted by atomic mass is 10.1. The van der Waals surface area contributed by atoms with Gasteiger partial charge in [0.2, 0.25) is 5.91 Å². The maximum Gasteiger partial charge on any atom is 0.223 e. The van der Waals surface area contributed by atoms with Crippen LogP contribution in [-0.2, 0) is 21.1 Å². The third-order valence-corrected chi connectivity index (χ3v) is 6.38. The number of carbonyl (C=O) groups is 1. The monoisotopic (exact) mass is 337 g/mol. The van der Waals surface area contributed by atoms with E-state index in [4.69, 9.17) is 4.74 Å². The van der Waals surface area contributed by atoms with E-state index in [9.17, 15) is 13.2 Å². The van der Waals surface area contributed by atoms with Crippen molar-refractivity contribution in [3.8, 4) is 5.75 Å². The lowest BCUT2D eigenvalue weighted by Gasteiger charge is -2.28. The van der Waals surface area contributed by atoms with Gasteiger partial charge in [-0.25, -0.2) is 8.42 Å². The standard InChI is InChI=1S/C17H23NO4S/c1-22-16-5-3-2-4-13(16)6-9-17(19)18(14-7-8-14)15-10-11-23(20,21)12-15/h2-5,14-15H,6-12H2,1H3. The molecule has 23 heavy (non-hydrogen) atoms. The second-order valence-electron chi connectivity index (χ2n) is 6.40. The van der Waals surface area contributed by atoms with E-state index in [1.165, 1.54) is 0 Å². The van der Waals surface area contributed by atoms with E-state index >= 15 is 0 Å². The Morgan fingerprint density at radius 1 is 1.22 bits per heavy atom. The number of para-hydroxylation sites is 1. The molecule has 6 heteroatoms. The molecule has 1 aliphatic carbocycles. The Hall–Kier alpha value is -1.56. The van der Waals surface area contributed by atoms with E-state index < -0.39 is 9.84 Å². The fourth-order valence-electron chi connectivity index (χ4n) is 3.33. The zero-order valence-corrected chi connectivity index (χ0v) is 14.2. The topological polar surface area (TPSA) is 63.7 Å². The van der Waals surface area contributed by atoms with E-state index in [1.54, 1.807) is 7.11 Å². The highest BCUT2D eigenvalue weighted by Gasteiger charge is 2.41. The summed E-state index contributed by atoms with van der Waals surface area (Å²) in [4.78, 5) is 14.5. The highest BCUT2D eigenvalue weighted by molar-refractivity contribution is 7.91. The van der Waals surface area contributed by atoms with Crippen molar-refractivity contribution in [2.75, 3.05) is 18.6 Å². The Bertz CT molecular complexity index is 682. The van der Waals surface area contributed by atoms with Crippen molar-refractivity contribution < 1.29 is 17.9 Å². The number of sulfone groups is 1. The molecule has 0 radical (unpaired) electrons. The van der Waals surface area contributed by atoms with E-state index in [2.05, 4.69) is 0 Å². The van der Waals surface area contributed by atoms with E-state index in [0.29, 0.717) is 19.3 Å². The van der Waals surface area contributed by atoms with Crippen LogP contribution in [0.4, 0.5) is 0 Å². The number of methoxy groups -OCH3 is 1. The smallest absolute Gasteiger partial charge is 0.223 e. The quantitative estimate of drug-likeness (QED) is 0.794. The Balaban J connectivity index is 1.66. The van der Waals surface area contributed by atoms with Crippen LogP contribution >= 0.6 is 0 Å². The normalized spacial score (nSPS) is 22.7. The van der Waals surface area contributed by atoms with Crippen LogP contribution in [0.5, 0.6) is 5.75 Å². The molecular formula is C17H23NO4S. The van der Waals surface area contributed by atoms with Crippen LogP contribution in [-0.4, -0.2) is 49.9 Å². The Morgan fingerprint density at radius 2 is 1.96 bits per heavy atom. The van der Waals surface area contributed by atoms with E-state index in [1.807, 2.05) is 29.2 Å². The average Bonchev–Trinajstić information content (AvgIpc) is 3.29. The van der Waals surface area contributed by atoms with Gasteiger partial charge in [0.25, 0.3) is 0 Å². The molecule has 0 spiro atoms. The number of hydrogen-bond acceptors (Lipinski definition) is 4. The van der Waals surface area contributed by atoms with Gasteiger partial charge in [-0.15, -0.1) is 0 Å². The molecule has 1 aliphatic heterocycles. The largest absolute Gasteiger partial charge is 0.496 e. The second-order valence-corrected chi connectivity index (χ2v) is 8.63. The average molecular weight is 337 g/mol. The molecule has 2 fully saturated rings. The van der Waals surface area contributed by atoms with E-state index in [0.717, 1.165) is 24.2 Å². The molecule has 0 N–H and O–H groups in total. The summed E-state index contributed by atoms with van der Waals surface area (Å²) in [6.07, 6.45) is 3.59. The first kappa shape index (κ1) is 16.3. The zero-order chi connectivity index (χ0) is 16.4. The van der Waals surface area contributed by atoms with Gasteiger partial charge < -0.3 is 9.64 Å². The van der Waals surface area contributed by atoms with Crippen molar-refractivity contribution in [2.45, 2.75) is 44.2 Å². The number of nitrogens with zero attached hydrogens (tertiary/aromatic N) is 1. The summed E-state index contributed by atoms with van der Waals surface area (Å²) < 4.78 is 28.8. The van der Waals surface area contributed by atoms with Crippen LogP contribution in [0.2, 0.25) is 0 Å². The highest BCUT2D eigenvalue weighted by Crippen LogP contribution is 2.33. The van der Waals surface area contributed by atoms with Gasteiger partial charge >= 0.3 is 0 Å². The third-order valence-electron chi connectivity index (χ3n) is 4.63. The highest BCUT2D eigenvalue weighted by atomic mass is 32.2. The van der Waals surface area contributed by atoms with Crippen LogP contribution in [0.25, 0.3) is 0 Å². The summed E-state index contributed by atoms with van der Waals surface area (Å²) >= 11 is 0. The fourth-order valence-corrected chi connectivity index (χ4v) is 5.04. The van der Waals surface area contributed by atoms with Gasteiger partial charge in [0.1, 0.15) is 5.75 Å². The van der Waals surface area contributed by atoms with Gasteiger partial charge in [-0.1, -0.05) is 18.2 Å². The molecular weight excluding hydrogens is 314 g/mol. The predicted molar refractivity (Wildman–Crippen MR) is 88.2 cm³/mol. The number of hydrogen-bond donors (Lipinski definition) is 0. The molecule has 1 unspecified atom stereocenters. The minimum absolute atomic E-state index is 0.0699. The second kappa shape index (κ2) is 6.51. The summed E-state index contributed by atoms with van der Waals surface area (Å²) in [5.74, 6) is 1.20. The van der Waals surface area contributed by atoms with Crippen molar-refractivity contribution >= 4 is 15.7 Å². The fraction of sp³-hybridized carbons (Fsp3) is 0.588. The molecule has 0 bridgehead atoms. The Kier molecular flexibility index (Phi) is 4.62. The number of benzene rings is 1. The molecule has 1 saturated heterocycles. The van der Waals surface area contributed by atoms with Gasteiger partial charge in [-0.05, 0) is 37.3 Å². The van der Waals surface area contributed by atoms with Gasteiger partial charge in [0.15, 0.2) is 9.84 Å². The molecule has 1 amide bonds. The number of rotatable bonds is 6.